The summed E-state index contributed by atoms with van der Waals surface area (Å²) in [6.07, 6.45) is -10.2. The molecular formula is C25H13ClF8N4O2. The topological polar surface area (TPSA) is 75.5 Å². The van der Waals surface area contributed by atoms with E-state index in [1.165, 1.54) is 6.07 Å². The second kappa shape index (κ2) is 9.47. The summed E-state index contributed by atoms with van der Waals surface area (Å²) in [7, 11) is 0. The van der Waals surface area contributed by atoms with Crippen LogP contribution in [0.2, 0.25) is 5.02 Å². The molecule has 5 rings (SSSR count). The highest BCUT2D eigenvalue weighted by atomic mass is 35.5. The van der Waals surface area contributed by atoms with Crippen LogP contribution in [-0.2, 0) is 12.6 Å². The maximum atomic E-state index is 14.1. The van der Waals surface area contributed by atoms with Crippen molar-refractivity contribution in [2.75, 3.05) is 5.32 Å². The van der Waals surface area contributed by atoms with Gasteiger partial charge in [0.15, 0.2) is 0 Å². The van der Waals surface area contributed by atoms with Gasteiger partial charge < -0.3 is 10.6 Å². The van der Waals surface area contributed by atoms with Crippen molar-refractivity contribution in [2.24, 2.45) is 0 Å². The summed E-state index contributed by atoms with van der Waals surface area (Å²) in [5.41, 5.74) is -3.65. The fourth-order valence-electron chi connectivity index (χ4n) is 4.47. The van der Waals surface area contributed by atoms with Gasteiger partial charge in [-0.05, 0) is 42.5 Å². The molecule has 1 aliphatic rings. The Hall–Kier alpha value is -4.20. The predicted octanol–water partition coefficient (Wildman–Crippen LogP) is 6.47. The van der Waals surface area contributed by atoms with Crippen molar-refractivity contribution in [3.8, 4) is 0 Å². The van der Waals surface area contributed by atoms with Crippen molar-refractivity contribution < 1.29 is 44.7 Å². The number of pyridine rings is 1. The molecule has 3 heterocycles. The number of amides is 2. The number of rotatable bonds is 4. The molecule has 4 aromatic rings. The maximum Gasteiger partial charge on any atom is 0.416 e. The second-order valence-electron chi connectivity index (χ2n) is 8.81. The number of nitrogens with one attached hydrogen (secondary N) is 2. The molecule has 1 aliphatic heterocycles. The maximum absolute atomic E-state index is 14.1. The molecule has 0 bridgehead atoms. The molecule has 0 aliphatic carbocycles. The van der Waals surface area contributed by atoms with Crippen LogP contribution in [0.4, 0.5) is 40.8 Å². The molecule has 2 aromatic carbocycles. The van der Waals surface area contributed by atoms with Gasteiger partial charge in [0, 0.05) is 21.7 Å². The van der Waals surface area contributed by atoms with E-state index in [9.17, 15) is 44.7 Å². The molecule has 0 spiro atoms. The van der Waals surface area contributed by atoms with E-state index in [0.717, 1.165) is 28.9 Å². The van der Waals surface area contributed by atoms with Crippen LogP contribution < -0.4 is 10.6 Å². The molecule has 1 atom stereocenters. The summed E-state index contributed by atoms with van der Waals surface area (Å²) >= 11 is 6.22. The Bertz CT molecular complexity index is 1700. The third kappa shape index (κ3) is 5.06. The molecule has 0 fully saturated rings. The van der Waals surface area contributed by atoms with Gasteiger partial charge >= 0.3 is 12.4 Å². The molecule has 2 aromatic heterocycles. The van der Waals surface area contributed by atoms with E-state index in [4.69, 9.17) is 11.6 Å². The lowest BCUT2D eigenvalue weighted by molar-refractivity contribution is -0.137. The number of halogens is 9. The Labute approximate surface area is 223 Å². The number of benzene rings is 2. The van der Waals surface area contributed by atoms with E-state index < -0.39 is 65.1 Å². The highest BCUT2D eigenvalue weighted by Gasteiger charge is 2.38. The van der Waals surface area contributed by atoms with Crippen LogP contribution in [0.15, 0.2) is 48.8 Å². The van der Waals surface area contributed by atoms with E-state index in [2.05, 4.69) is 15.6 Å². The summed E-state index contributed by atoms with van der Waals surface area (Å²) in [5, 5.41) is 4.78. The molecule has 0 saturated heterocycles. The Morgan fingerprint density at radius 3 is 2.42 bits per heavy atom. The van der Waals surface area contributed by atoms with Crippen molar-refractivity contribution in [3.05, 3.63) is 99.1 Å². The number of carbonyl (C=O) groups is 2. The van der Waals surface area contributed by atoms with Crippen LogP contribution >= 0.6 is 11.6 Å². The van der Waals surface area contributed by atoms with E-state index in [1.54, 1.807) is 0 Å². The molecule has 0 radical (unpaired) electrons. The number of alkyl halides is 6. The average molecular weight is 589 g/mol. The summed E-state index contributed by atoms with van der Waals surface area (Å²) in [4.78, 5) is 29.8. The lowest BCUT2D eigenvalue weighted by Gasteiger charge is -2.19. The van der Waals surface area contributed by atoms with E-state index >= 15 is 0 Å². The molecule has 15 heteroatoms. The summed E-state index contributed by atoms with van der Waals surface area (Å²) in [5.74, 6) is -4.23. The van der Waals surface area contributed by atoms with E-state index in [-0.39, 0.29) is 39.1 Å². The molecule has 1 unspecified atom stereocenters. The zero-order valence-corrected chi connectivity index (χ0v) is 20.3. The average Bonchev–Trinajstić information content (AvgIpc) is 3.39. The van der Waals surface area contributed by atoms with Gasteiger partial charge in [-0.1, -0.05) is 11.6 Å². The fourth-order valence-corrected chi connectivity index (χ4v) is 4.70. The number of hydrogen-bond donors (Lipinski definition) is 2. The summed E-state index contributed by atoms with van der Waals surface area (Å²) in [6, 6.07) is 4.11. The Balaban J connectivity index is 1.70. The monoisotopic (exact) mass is 588 g/mol. The molecular weight excluding hydrogens is 576 g/mol. The third-order valence-corrected chi connectivity index (χ3v) is 6.45. The first-order chi connectivity index (χ1) is 18.6. The van der Waals surface area contributed by atoms with E-state index in [0.29, 0.717) is 12.1 Å². The summed E-state index contributed by atoms with van der Waals surface area (Å²) < 4.78 is 108. The number of nitrogens with zero attached hydrogens (tertiary/aromatic N) is 2. The standard InChI is InChI=1S/C25H13ClF8N4O2/c26-15-2-1-12(27)6-14(15)20-19-16(36-22(39)10-3-11(25(32,33)34)5-13(28)4-10)7-18-17(8-24(29,30)31)35-9-38(18)21(19)23(40)37-20/h1-7,9,20H,8H2,(H,36,39)(H,37,40). The van der Waals surface area contributed by atoms with Crippen LogP contribution in [-0.4, -0.2) is 27.4 Å². The van der Waals surface area contributed by atoms with Gasteiger partial charge in [-0.2, -0.15) is 26.3 Å². The van der Waals surface area contributed by atoms with Gasteiger partial charge in [-0.15, -0.1) is 0 Å². The molecule has 0 saturated carbocycles. The summed E-state index contributed by atoms with van der Waals surface area (Å²) in [6.45, 7) is 0. The lowest BCUT2D eigenvalue weighted by Crippen LogP contribution is -2.21. The van der Waals surface area contributed by atoms with Gasteiger partial charge in [-0.25, -0.2) is 13.8 Å². The first-order valence-electron chi connectivity index (χ1n) is 11.2. The smallest absolute Gasteiger partial charge is 0.340 e. The third-order valence-electron chi connectivity index (χ3n) is 6.10. The quantitative estimate of drug-likeness (QED) is 0.268. The molecule has 6 nitrogen and oxygen atoms in total. The molecule has 2 amide bonds. The van der Waals surface area contributed by atoms with Crippen LogP contribution in [0.5, 0.6) is 0 Å². The van der Waals surface area contributed by atoms with E-state index in [1.807, 2.05) is 0 Å². The first kappa shape index (κ1) is 27.4. The van der Waals surface area contributed by atoms with Crippen LogP contribution in [0.25, 0.3) is 5.52 Å². The SMILES string of the molecule is O=C(Nc1cc2c(CC(F)(F)F)ncn2c2c1C(c1cc(F)ccc1Cl)NC2=O)c1cc(F)cc(C(F)(F)F)c1. The largest absolute Gasteiger partial charge is 0.416 e. The number of anilines is 1. The number of fused-ring (bicyclic) bond motifs is 3. The van der Waals surface area contributed by atoms with Crippen LogP contribution in [0, 0.1) is 11.6 Å². The van der Waals surface area contributed by atoms with Crippen molar-refractivity contribution in [2.45, 2.75) is 24.8 Å². The normalized spacial score (nSPS) is 15.3. The number of carbonyl (C=O) groups excluding carboxylic acids is 2. The lowest BCUT2D eigenvalue weighted by atomic mass is 9.97. The van der Waals surface area contributed by atoms with Gasteiger partial charge in [0.25, 0.3) is 11.8 Å². The zero-order valence-electron chi connectivity index (χ0n) is 19.5. The Kier molecular flexibility index (Phi) is 6.48. The minimum atomic E-state index is -4.99. The first-order valence-corrected chi connectivity index (χ1v) is 11.5. The highest BCUT2D eigenvalue weighted by Crippen LogP contribution is 2.41. The minimum Gasteiger partial charge on any atom is -0.340 e. The van der Waals surface area contributed by atoms with Gasteiger partial charge in [-0.3, -0.25) is 14.0 Å². The number of imidazole rings is 1. The zero-order chi connectivity index (χ0) is 29.1. The van der Waals surface area contributed by atoms with Gasteiger partial charge in [0.1, 0.15) is 23.7 Å². The van der Waals surface area contributed by atoms with Crippen molar-refractivity contribution in [3.63, 3.8) is 0 Å². The van der Waals surface area contributed by atoms with Crippen molar-refractivity contribution in [1.29, 1.82) is 0 Å². The number of aromatic nitrogens is 2. The predicted molar refractivity (Wildman–Crippen MR) is 125 cm³/mol. The molecule has 2 N–H and O–H groups in total. The van der Waals surface area contributed by atoms with Crippen molar-refractivity contribution >= 4 is 34.6 Å². The van der Waals surface area contributed by atoms with Gasteiger partial charge in [0.2, 0.25) is 0 Å². The Morgan fingerprint density at radius 1 is 1.02 bits per heavy atom. The number of hydrogen-bond acceptors (Lipinski definition) is 3. The van der Waals surface area contributed by atoms with Gasteiger partial charge in [0.05, 0.1) is 34.9 Å². The van der Waals surface area contributed by atoms with Crippen molar-refractivity contribution in [1.82, 2.24) is 14.7 Å². The van der Waals surface area contributed by atoms with Crippen LogP contribution in [0.3, 0.4) is 0 Å². The molecule has 208 valence electrons. The second-order valence-corrected chi connectivity index (χ2v) is 9.22. The minimum absolute atomic E-state index is 0.0136. The Morgan fingerprint density at radius 2 is 1.75 bits per heavy atom. The van der Waals surface area contributed by atoms with Crippen LogP contribution in [0.1, 0.15) is 49.3 Å². The highest BCUT2D eigenvalue weighted by molar-refractivity contribution is 6.31. The molecule has 40 heavy (non-hydrogen) atoms. The fraction of sp³-hybridized carbons (Fsp3) is 0.160.